The Hall–Kier alpha value is -0.770. The van der Waals surface area contributed by atoms with E-state index in [-0.39, 0.29) is 5.41 Å². The van der Waals surface area contributed by atoms with Crippen molar-refractivity contribution in [3.05, 3.63) is 11.6 Å². The van der Waals surface area contributed by atoms with Crippen molar-refractivity contribution in [1.82, 2.24) is 0 Å². The highest BCUT2D eigenvalue weighted by Crippen LogP contribution is 2.76. The summed E-state index contributed by atoms with van der Waals surface area (Å²) >= 11 is 0. The van der Waals surface area contributed by atoms with E-state index in [1.165, 1.54) is 64.2 Å². The lowest BCUT2D eigenvalue weighted by Crippen LogP contribution is -2.63. The lowest BCUT2D eigenvalue weighted by Gasteiger charge is -2.71. The molecule has 1 heteroatoms. The molecule has 0 aromatic rings. The molecule has 0 aromatic carbocycles. The molecule has 1 unspecified atom stereocenters. The van der Waals surface area contributed by atoms with Gasteiger partial charge in [-0.05, 0) is 120 Å². The van der Waals surface area contributed by atoms with Crippen molar-refractivity contribution in [2.75, 3.05) is 0 Å². The monoisotopic (exact) mass is 449 g/mol. The smallest absolute Gasteiger partial charge is 0.0627 e. The number of nitriles is 1. The number of hydrogen-bond acceptors (Lipinski definition) is 1. The Morgan fingerprint density at radius 2 is 1.58 bits per heavy atom. The fourth-order valence-corrected chi connectivity index (χ4v) is 11.0. The third-order valence-corrected chi connectivity index (χ3v) is 14.0. The standard InChI is InChI=1S/C32H51N/c1-22-11-13-30(6)25(27(22,2)3)12-14-32(8)26(30)10-9-23-24-21-28(4,19-20-33)15-16-29(24,5)17-18-31(23,32)7/h9,22,24-26H,10-19,21H2,1-8H3/t22-,24-,25-,26?,28+,29+,30-,31+,32+/m0/s1. The zero-order valence-corrected chi connectivity index (χ0v) is 23.1. The van der Waals surface area contributed by atoms with E-state index in [1.807, 2.05) is 5.57 Å². The quantitative estimate of drug-likeness (QED) is 0.366. The zero-order chi connectivity index (χ0) is 24.1. The molecular formula is C32H51N. The summed E-state index contributed by atoms with van der Waals surface area (Å²) in [7, 11) is 0. The number of nitrogens with zero attached hydrogens (tertiary/aromatic N) is 1. The first-order valence-corrected chi connectivity index (χ1v) is 14.3. The normalized spacial score (nSPS) is 55.2. The Labute approximate surface area is 205 Å². The molecule has 33 heavy (non-hydrogen) atoms. The average molecular weight is 450 g/mol. The van der Waals surface area contributed by atoms with E-state index in [2.05, 4.69) is 67.5 Å². The van der Waals surface area contributed by atoms with Crippen LogP contribution >= 0.6 is 0 Å². The Morgan fingerprint density at radius 3 is 2.27 bits per heavy atom. The molecule has 4 saturated carbocycles. The molecule has 0 heterocycles. The second kappa shape index (κ2) is 7.14. The summed E-state index contributed by atoms with van der Waals surface area (Å²) in [6, 6.07) is 2.55. The highest BCUT2D eigenvalue weighted by atomic mass is 14.7. The van der Waals surface area contributed by atoms with Gasteiger partial charge in [0.05, 0.1) is 6.07 Å². The summed E-state index contributed by atoms with van der Waals surface area (Å²) in [6.07, 6.45) is 17.1. The van der Waals surface area contributed by atoms with Crippen LogP contribution in [0.15, 0.2) is 11.6 Å². The zero-order valence-electron chi connectivity index (χ0n) is 23.1. The molecule has 5 aliphatic carbocycles. The van der Waals surface area contributed by atoms with Crippen molar-refractivity contribution < 1.29 is 0 Å². The fourth-order valence-electron chi connectivity index (χ4n) is 11.0. The summed E-state index contributed by atoms with van der Waals surface area (Å²) in [6.45, 7) is 20.9. The van der Waals surface area contributed by atoms with Gasteiger partial charge in [-0.1, -0.05) is 67.0 Å². The molecule has 1 nitrogen and oxygen atoms in total. The van der Waals surface area contributed by atoms with E-state index >= 15 is 0 Å². The van der Waals surface area contributed by atoms with Gasteiger partial charge in [0.15, 0.2) is 0 Å². The van der Waals surface area contributed by atoms with Crippen LogP contribution in [-0.4, -0.2) is 0 Å². The predicted molar refractivity (Wildman–Crippen MR) is 138 cm³/mol. The van der Waals surface area contributed by atoms with Crippen LogP contribution in [0.1, 0.15) is 126 Å². The van der Waals surface area contributed by atoms with Gasteiger partial charge in [-0.15, -0.1) is 0 Å². The van der Waals surface area contributed by atoms with E-state index in [0.717, 1.165) is 24.2 Å². The molecule has 0 spiro atoms. The van der Waals surface area contributed by atoms with Crippen molar-refractivity contribution in [2.45, 2.75) is 126 Å². The molecular weight excluding hydrogens is 398 g/mol. The van der Waals surface area contributed by atoms with Crippen LogP contribution in [0.4, 0.5) is 0 Å². The van der Waals surface area contributed by atoms with Gasteiger partial charge in [-0.2, -0.15) is 5.26 Å². The second-order valence-corrected chi connectivity index (χ2v) is 15.6. The van der Waals surface area contributed by atoms with Gasteiger partial charge in [-0.25, -0.2) is 0 Å². The van der Waals surface area contributed by atoms with Crippen LogP contribution in [0, 0.1) is 67.5 Å². The molecule has 5 rings (SSSR count). The first kappa shape index (κ1) is 23.9. The Bertz CT molecular complexity index is 891. The largest absolute Gasteiger partial charge is 0.198 e. The predicted octanol–water partition coefficient (Wildman–Crippen LogP) is 9.34. The van der Waals surface area contributed by atoms with Crippen LogP contribution in [0.25, 0.3) is 0 Å². The molecule has 0 aromatic heterocycles. The molecule has 0 aliphatic heterocycles. The van der Waals surface area contributed by atoms with Crippen molar-refractivity contribution in [2.24, 2.45) is 56.2 Å². The van der Waals surface area contributed by atoms with Crippen LogP contribution in [0.3, 0.4) is 0 Å². The van der Waals surface area contributed by atoms with Crippen molar-refractivity contribution in [1.29, 1.82) is 5.26 Å². The van der Waals surface area contributed by atoms with E-state index in [1.54, 1.807) is 0 Å². The summed E-state index contributed by atoms with van der Waals surface area (Å²) in [5.41, 5.74) is 4.21. The molecule has 0 radical (unpaired) electrons. The lowest BCUT2D eigenvalue weighted by molar-refractivity contribution is -0.190. The van der Waals surface area contributed by atoms with Gasteiger partial charge in [-0.3, -0.25) is 0 Å². The highest BCUT2D eigenvalue weighted by molar-refractivity contribution is 5.33. The van der Waals surface area contributed by atoms with Gasteiger partial charge < -0.3 is 0 Å². The lowest BCUT2D eigenvalue weighted by atomic mass is 9.33. The topological polar surface area (TPSA) is 23.8 Å². The van der Waals surface area contributed by atoms with Crippen molar-refractivity contribution in [3.63, 3.8) is 0 Å². The molecule has 5 aliphatic rings. The molecule has 0 saturated heterocycles. The number of fused-ring (bicyclic) bond motifs is 7. The van der Waals surface area contributed by atoms with Gasteiger partial charge in [0.2, 0.25) is 0 Å². The average Bonchev–Trinajstić information content (AvgIpc) is 2.73. The first-order valence-electron chi connectivity index (χ1n) is 14.3. The van der Waals surface area contributed by atoms with Crippen molar-refractivity contribution >= 4 is 0 Å². The Balaban J connectivity index is 1.56. The summed E-state index contributed by atoms with van der Waals surface area (Å²) < 4.78 is 0. The Morgan fingerprint density at radius 1 is 0.879 bits per heavy atom. The fraction of sp³-hybridized carbons (Fsp3) is 0.906. The van der Waals surface area contributed by atoms with E-state index < -0.39 is 0 Å². The van der Waals surface area contributed by atoms with Gasteiger partial charge in [0, 0.05) is 6.42 Å². The summed E-state index contributed by atoms with van der Waals surface area (Å²) in [4.78, 5) is 0. The first-order chi connectivity index (χ1) is 15.3. The van der Waals surface area contributed by atoms with Crippen LogP contribution in [0.2, 0.25) is 0 Å². The summed E-state index contributed by atoms with van der Waals surface area (Å²) in [5, 5.41) is 9.56. The number of allylic oxidation sites excluding steroid dienone is 2. The maximum Gasteiger partial charge on any atom is 0.0627 e. The van der Waals surface area contributed by atoms with E-state index in [4.69, 9.17) is 0 Å². The second-order valence-electron chi connectivity index (χ2n) is 15.6. The third kappa shape index (κ3) is 3.01. The molecule has 4 fully saturated rings. The highest BCUT2D eigenvalue weighted by Gasteiger charge is 2.67. The van der Waals surface area contributed by atoms with Crippen molar-refractivity contribution in [3.8, 4) is 6.07 Å². The van der Waals surface area contributed by atoms with E-state index in [0.29, 0.717) is 33.0 Å². The van der Waals surface area contributed by atoms with Gasteiger partial charge in [0.25, 0.3) is 0 Å². The summed E-state index contributed by atoms with van der Waals surface area (Å²) in [5.74, 6) is 3.23. The van der Waals surface area contributed by atoms with Crippen LogP contribution < -0.4 is 0 Å². The molecule has 9 atom stereocenters. The molecule has 0 bridgehead atoms. The molecule has 0 N–H and O–H groups in total. The van der Waals surface area contributed by atoms with Gasteiger partial charge in [0.1, 0.15) is 0 Å². The van der Waals surface area contributed by atoms with Crippen LogP contribution in [0.5, 0.6) is 0 Å². The van der Waals surface area contributed by atoms with Crippen LogP contribution in [-0.2, 0) is 0 Å². The maximum absolute atomic E-state index is 9.56. The molecule has 0 amide bonds. The SMILES string of the molecule is C[C@H]1CC[C@]2(C)C3CC=C4[C@@H]5C[C@@](C)(CC#N)CC[C@]5(C)CC[C@@]4(C)[C@]3(C)CC[C@H]2C1(C)C. The Kier molecular flexibility index (Phi) is 5.18. The minimum Gasteiger partial charge on any atom is -0.198 e. The van der Waals surface area contributed by atoms with E-state index in [9.17, 15) is 5.26 Å². The number of hydrogen-bond donors (Lipinski definition) is 0. The third-order valence-electron chi connectivity index (χ3n) is 14.0. The molecule has 184 valence electrons. The maximum atomic E-state index is 9.56. The minimum atomic E-state index is 0.211. The number of rotatable bonds is 1. The minimum absolute atomic E-state index is 0.211. The van der Waals surface area contributed by atoms with Gasteiger partial charge >= 0.3 is 0 Å².